The molecule has 1 aliphatic carbocycles. The molecule has 1 aliphatic heterocycles. The Bertz CT molecular complexity index is 762. The fraction of sp³-hybridized carbons (Fsp3) is 0.389. The van der Waals surface area contributed by atoms with E-state index in [4.69, 9.17) is 9.47 Å². The van der Waals surface area contributed by atoms with Crippen molar-refractivity contribution < 1.29 is 19.4 Å². The lowest BCUT2D eigenvalue weighted by Gasteiger charge is -2.28. The lowest BCUT2D eigenvalue weighted by atomic mass is 9.84. The number of hydrogen-bond donors (Lipinski definition) is 1. The molecular weight excluding hydrogens is 312 g/mol. The van der Waals surface area contributed by atoms with Gasteiger partial charge in [-0.25, -0.2) is 0 Å². The van der Waals surface area contributed by atoms with E-state index in [9.17, 15) is 9.90 Å². The second kappa shape index (κ2) is 5.35. The lowest BCUT2D eigenvalue weighted by Crippen LogP contribution is -2.29. The minimum atomic E-state index is -1.01. The van der Waals surface area contributed by atoms with Gasteiger partial charge in [-0.3, -0.25) is 4.79 Å². The van der Waals surface area contributed by atoms with Gasteiger partial charge in [0.25, 0.3) is 0 Å². The summed E-state index contributed by atoms with van der Waals surface area (Å²) in [6.07, 6.45) is 2.21. The van der Waals surface area contributed by atoms with Crippen LogP contribution in [-0.4, -0.2) is 18.2 Å². The molecule has 2 aliphatic rings. The highest BCUT2D eigenvalue weighted by Crippen LogP contribution is 2.55. The van der Waals surface area contributed by atoms with Gasteiger partial charge in [-0.05, 0) is 47.9 Å². The molecule has 120 valence electrons. The second-order valence-corrected chi connectivity index (χ2v) is 7.10. The van der Waals surface area contributed by atoms with Gasteiger partial charge in [0, 0.05) is 16.0 Å². The topological polar surface area (TPSA) is 55.8 Å². The van der Waals surface area contributed by atoms with Crippen molar-refractivity contribution in [3.63, 3.8) is 0 Å². The van der Waals surface area contributed by atoms with E-state index >= 15 is 0 Å². The Morgan fingerprint density at radius 2 is 2.26 bits per heavy atom. The summed E-state index contributed by atoms with van der Waals surface area (Å²) < 4.78 is 10.7. The van der Waals surface area contributed by atoms with Crippen molar-refractivity contribution in [2.24, 2.45) is 5.92 Å². The summed E-state index contributed by atoms with van der Waals surface area (Å²) in [5.41, 5.74) is 1.65. The Morgan fingerprint density at radius 1 is 1.43 bits per heavy atom. The highest BCUT2D eigenvalue weighted by Gasteiger charge is 2.50. The third-order valence-corrected chi connectivity index (χ3v) is 5.76. The summed E-state index contributed by atoms with van der Waals surface area (Å²) in [6, 6.07) is 7.65. The van der Waals surface area contributed by atoms with Crippen molar-refractivity contribution >= 4 is 17.3 Å². The molecule has 0 radical (unpaired) electrons. The Hall–Kier alpha value is -1.85. The average molecular weight is 330 g/mol. The lowest BCUT2D eigenvalue weighted by molar-refractivity contribution is -0.139. The number of benzene rings is 1. The molecular formula is C18H18O4S. The molecule has 5 heteroatoms. The summed E-state index contributed by atoms with van der Waals surface area (Å²) in [5, 5.41) is 13.6. The van der Waals surface area contributed by atoms with Crippen molar-refractivity contribution in [2.45, 2.75) is 31.5 Å². The summed E-state index contributed by atoms with van der Waals surface area (Å²) in [6.45, 7) is 0.469. The van der Waals surface area contributed by atoms with Gasteiger partial charge in [0.05, 0.1) is 13.5 Å². The van der Waals surface area contributed by atoms with Gasteiger partial charge in [0.1, 0.15) is 18.0 Å². The molecule has 1 aromatic carbocycles. The fourth-order valence-electron chi connectivity index (χ4n) is 3.32. The predicted octanol–water partition coefficient (Wildman–Crippen LogP) is 3.00. The molecule has 1 fully saturated rings. The standard InChI is InChI=1S/C18H18O4S/c1-21-16(19)9-11-2-5-15-14(8-11)18(20,13-3-4-13)17-12(10-22-15)6-7-23-17/h2,5-8,13,20H,3-4,9-10H2,1H3. The Labute approximate surface area is 138 Å². The van der Waals surface area contributed by atoms with Gasteiger partial charge in [0.15, 0.2) is 0 Å². The minimum absolute atomic E-state index is 0.196. The maximum absolute atomic E-state index is 11.6. The molecule has 1 N–H and O–H groups in total. The predicted molar refractivity (Wildman–Crippen MR) is 86.5 cm³/mol. The third-order valence-electron chi connectivity index (χ3n) is 4.68. The first-order valence-corrected chi connectivity index (χ1v) is 8.63. The normalized spacial score (nSPS) is 22.5. The number of thiophene rings is 1. The van der Waals surface area contributed by atoms with Crippen LogP contribution in [0.4, 0.5) is 0 Å². The number of methoxy groups -OCH3 is 1. The maximum Gasteiger partial charge on any atom is 0.309 e. The van der Waals surface area contributed by atoms with Gasteiger partial charge in [0.2, 0.25) is 0 Å². The van der Waals surface area contributed by atoms with Crippen LogP contribution in [0.5, 0.6) is 5.75 Å². The maximum atomic E-state index is 11.6. The third kappa shape index (κ3) is 2.35. The van der Waals surface area contributed by atoms with E-state index < -0.39 is 5.60 Å². The number of fused-ring (bicyclic) bond motifs is 2. The quantitative estimate of drug-likeness (QED) is 0.879. The van der Waals surface area contributed by atoms with Crippen LogP contribution in [-0.2, 0) is 28.2 Å². The molecule has 2 heterocycles. The molecule has 4 nitrogen and oxygen atoms in total. The average Bonchev–Trinajstić information content (AvgIpc) is 3.32. The van der Waals surface area contributed by atoms with Crippen LogP contribution in [0.15, 0.2) is 29.6 Å². The number of esters is 1. The van der Waals surface area contributed by atoms with Crippen LogP contribution < -0.4 is 4.74 Å². The SMILES string of the molecule is COC(=O)Cc1ccc2c(c1)C(O)(C1CC1)c1sccc1CO2. The summed E-state index contributed by atoms with van der Waals surface area (Å²) in [4.78, 5) is 12.5. The van der Waals surface area contributed by atoms with Crippen molar-refractivity contribution in [3.05, 3.63) is 51.2 Å². The highest BCUT2D eigenvalue weighted by molar-refractivity contribution is 7.10. The summed E-state index contributed by atoms with van der Waals surface area (Å²) in [7, 11) is 1.38. The first kappa shape index (κ1) is 14.7. The van der Waals surface area contributed by atoms with E-state index in [1.165, 1.54) is 7.11 Å². The molecule has 0 saturated heterocycles. The molecule has 4 rings (SSSR count). The van der Waals surface area contributed by atoms with E-state index in [1.807, 2.05) is 29.6 Å². The van der Waals surface area contributed by atoms with Crippen LogP contribution in [0.3, 0.4) is 0 Å². The van der Waals surface area contributed by atoms with Crippen molar-refractivity contribution in [2.75, 3.05) is 7.11 Å². The Balaban J connectivity index is 1.84. The number of carbonyl (C=O) groups excluding carboxylic acids is 1. The van der Waals surface area contributed by atoms with Crippen LogP contribution in [0.1, 0.15) is 34.4 Å². The minimum Gasteiger partial charge on any atom is -0.488 e. The zero-order valence-electron chi connectivity index (χ0n) is 12.9. The number of ether oxygens (including phenoxy) is 2. The molecule has 1 atom stereocenters. The smallest absolute Gasteiger partial charge is 0.309 e. The molecule has 23 heavy (non-hydrogen) atoms. The number of aliphatic hydroxyl groups is 1. The van der Waals surface area contributed by atoms with E-state index in [-0.39, 0.29) is 18.3 Å². The number of hydrogen-bond acceptors (Lipinski definition) is 5. The van der Waals surface area contributed by atoms with Gasteiger partial charge in [-0.15, -0.1) is 11.3 Å². The Morgan fingerprint density at radius 3 is 3.00 bits per heavy atom. The zero-order valence-corrected chi connectivity index (χ0v) is 13.7. The van der Waals surface area contributed by atoms with Gasteiger partial charge in [-0.2, -0.15) is 0 Å². The second-order valence-electron chi connectivity index (χ2n) is 6.19. The van der Waals surface area contributed by atoms with Gasteiger partial charge in [-0.1, -0.05) is 6.07 Å². The van der Waals surface area contributed by atoms with Crippen LogP contribution in [0.25, 0.3) is 0 Å². The fourth-order valence-corrected chi connectivity index (χ4v) is 4.42. The van der Waals surface area contributed by atoms with Crippen molar-refractivity contribution in [1.82, 2.24) is 0 Å². The first-order chi connectivity index (χ1) is 11.1. The molecule has 0 bridgehead atoms. The van der Waals surface area contributed by atoms with Crippen molar-refractivity contribution in [1.29, 1.82) is 0 Å². The zero-order chi connectivity index (χ0) is 16.0. The number of rotatable bonds is 3. The first-order valence-electron chi connectivity index (χ1n) is 7.75. The van der Waals surface area contributed by atoms with Gasteiger partial charge < -0.3 is 14.6 Å². The van der Waals surface area contributed by atoms with Gasteiger partial charge >= 0.3 is 5.97 Å². The van der Waals surface area contributed by atoms with E-state index in [0.717, 1.165) is 34.4 Å². The monoisotopic (exact) mass is 330 g/mol. The highest BCUT2D eigenvalue weighted by atomic mass is 32.1. The Kier molecular flexibility index (Phi) is 3.43. The molecule has 1 saturated carbocycles. The van der Waals surface area contributed by atoms with Crippen molar-refractivity contribution in [3.8, 4) is 5.75 Å². The van der Waals surface area contributed by atoms with Crippen LogP contribution in [0, 0.1) is 5.92 Å². The number of carbonyl (C=O) groups is 1. The van der Waals surface area contributed by atoms with E-state index in [1.54, 1.807) is 11.3 Å². The van der Waals surface area contributed by atoms with Crippen LogP contribution >= 0.6 is 11.3 Å². The summed E-state index contributed by atoms with van der Waals surface area (Å²) in [5.74, 6) is 0.636. The van der Waals surface area contributed by atoms with E-state index in [2.05, 4.69) is 0 Å². The summed E-state index contributed by atoms with van der Waals surface area (Å²) >= 11 is 1.58. The van der Waals surface area contributed by atoms with Crippen LogP contribution in [0.2, 0.25) is 0 Å². The molecule has 1 unspecified atom stereocenters. The molecule has 2 aromatic rings. The molecule has 1 aromatic heterocycles. The largest absolute Gasteiger partial charge is 0.488 e. The molecule has 0 spiro atoms. The molecule has 0 amide bonds. The van der Waals surface area contributed by atoms with E-state index in [0.29, 0.717) is 12.4 Å².